The molecule has 0 fully saturated rings. The van der Waals surface area contributed by atoms with Crippen LogP contribution in [0.4, 0.5) is 4.39 Å². The van der Waals surface area contributed by atoms with Gasteiger partial charge in [-0.25, -0.2) is 4.39 Å². The Hall–Kier alpha value is -2.44. The van der Waals surface area contributed by atoms with Crippen LogP contribution >= 0.6 is 23.2 Å². The molecule has 0 bridgehead atoms. The van der Waals surface area contributed by atoms with Crippen molar-refractivity contribution < 1.29 is 14.0 Å². The van der Waals surface area contributed by atoms with Crippen LogP contribution in [0.1, 0.15) is 32.0 Å². The SMILES string of the molecule is O=C(Cc1cn[nH]c1)c1cc(C(=O)c2c(Cl)ccc(Cl)c2F)c[nH]1. The van der Waals surface area contributed by atoms with E-state index in [1.807, 2.05) is 0 Å². The summed E-state index contributed by atoms with van der Waals surface area (Å²) in [6, 6.07) is 3.98. The van der Waals surface area contributed by atoms with Gasteiger partial charge in [-0.2, -0.15) is 5.10 Å². The van der Waals surface area contributed by atoms with E-state index >= 15 is 0 Å². The predicted octanol–water partition coefficient (Wildman–Crippen LogP) is 3.84. The summed E-state index contributed by atoms with van der Waals surface area (Å²) < 4.78 is 14.1. The highest BCUT2D eigenvalue weighted by Crippen LogP contribution is 2.28. The number of Topliss-reactive ketones (excluding diaryl/α,β-unsaturated/α-hetero) is 1. The number of hydrogen-bond acceptors (Lipinski definition) is 3. The number of halogens is 3. The van der Waals surface area contributed by atoms with Crippen molar-refractivity contribution >= 4 is 34.8 Å². The zero-order valence-corrected chi connectivity index (χ0v) is 13.6. The highest BCUT2D eigenvalue weighted by molar-refractivity contribution is 6.37. The topological polar surface area (TPSA) is 78.6 Å². The van der Waals surface area contributed by atoms with E-state index in [2.05, 4.69) is 15.2 Å². The lowest BCUT2D eigenvalue weighted by molar-refractivity contribution is 0.0988. The van der Waals surface area contributed by atoms with E-state index in [4.69, 9.17) is 23.2 Å². The molecule has 24 heavy (non-hydrogen) atoms. The third-order valence-corrected chi connectivity index (χ3v) is 4.04. The van der Waals surface area contributed by atoms with Crippen LogP contribution in [0.5, 0.6) is 0 Å². The summed E-state index contributed by atoms with van der Waals surface area (Å²) in [7, 11) is 0. The normalized spacial score (nSPS) is 10.8. The van der Waals surface area contributed by atoms with Crippen molar-refractivity contribution in [2.24, 2.45) is 0 Å². The molecule has 3 rings (SSSR count). The minimum atomic E-state index is -0.887. The zero-order chi connectivity index (χ0) is 17.3. The highest BCUT2D eigenvalue weighted by atomic mass is 35.5. The smallest absolute Gasteiger partial charge is 0.199 e. The Morgan fingerprint density at radius 1 is 1.17 bits per heavy atom. The summed E-state index contributed by atoms with van der Waals surface area (Å²) in [5.41, 5.74) is 0.745. The number of benzene rings is 1. The molecule has 2 N–H and O–H groups in total. The maximum atomic E-state index is 14.1. The van der Waals surface area contributed by atoms with Gasteiger partial charge < -0.3 is 4.98 Å². The molecular weight excluding hydrogens is 356 g/mol. The Morgan fingerprint density at radius 2 is 1.92 bits per heavy atom. The van der Waals surface area contributed by atoms with E-state index in [9.17, 15) is 14.0 Å². The molecule has 0 aliphatic carbocycles. The quantitative estimate of drug-likeness (QED) is 0.532. The van der Waals surface area contributed by atoms with Gasteiger partial charge in [-0.1, -0.05) is 23.2 Å². The first-order valence-corrected chi connectivity index (χ1v) is 7.60. The second-order valence-electron chi connectivity index (χ2n) is 5.06. The first-order valence-electron chi connectivity index (χ1n) is 6.85. The van der Waals surface area contributed by atoms with Crippen molar-refractivity contribution in [2.75, 3.05) is 0 Å². The average Bonchev–Trinajstić information content (AvgIpc) is 3.22. The number of H-pyrrole nitrogens is 2. The van der Waals surface area contributed by atoms with Gasteiger partial charge in [-0.15, -0.1) is 0 Å². The summed E-state index contributed by atoms with van der Waals surface area (Å²) in [4.78, 5) is 27.4. The Morgan fingerprint density at radius 3 is 2.62 bits per heavy atom. The maximum absolute atomic E-state index is 14.1. The van der Waals surface area contributed by atoms with Crippen LogP contribution in [-0.2, 0) is 6.42 Å². The van der Waals surface area contributed by atoms with E-state index in [0.717, 1.165) is 0 Å². The maximum Gasteiger partial charge on any atom is 0.199 e. The van der Waals surface area contributed by atoms with Gasteiger partial charge >= 0.3 is 0 Å². The fourth-order valence-electron chi connectivity index (χ4n) is 2.22. The molecule has 0 atom stereocenters. The second-order valence-corrected chi connectivity index (χ2v) is 5.87. The molecular formula is C16H10Cl2FN3O2. The molecule has 0 radical (unpaired) electrons. The Bertz CT molecular complexity index is 920. The molecule has 0 amide bonds. The van der Waals surface area contributed by atoms with Gasteiger partial charge in [-0.05, 0) is 23.8 Å². The number of ketones is 2. The van der Waals surface area contributed by atoms with Crippen LogP contribution in [0.3, 0.4) is 0 Å². The van der Waals surface area contributed by atoms with E-state index in [-0.39, 0.29) is 39.1 Å². The Kier molecular flexibility index (Phi) is 4.51. The van der Waals surface area contributed by atoms with Crippen molar-refractivity contribution in [1.29, 1.82) is 0 Å². The van der Waals surface area contributed by atoms with Crippen molar-refractivity contribution in [3.05, 3.63) is 75.0 Å². The molecule has 0 saturated carbocycles. The van der Waals surface area contributed by atoms with Crippen molar-refractivity contribution in [2.45, 2.75) is 6.42 Å². The second kappa shape index (κ2) is 6.59. The van der Waals surface area contributed by atoms with Crippen LogP contribution in [0, 0.1) is 5.82 Å². The van der Waals surface area contributed by atoms with Crippen molar-refractivity contribution in [1.82, 2.24) is 15.2 Å². The summed E-state index contributed by atoms with van der Waals surface area (Å²) in [5, 5.41) is 6.13. The standard InChI is InChI=1S/C16H10Cl2FN3O2/c17-10-1-2-11(18)15(19)14(10)16(24)9-4-12(20-7-9)13(23)3-8-5-21-22-6-8/h1-2,4-7,20H,3H2,(H,21,22). The monoisotopic (exact) mass is 365 g/mol. The molecule has 0 aliphatic heterocycles. The molecule has 5 nitrogen and oxygen atoms in total. The lowest BCUT2D eigenvalue weighted by Crippen LogP contribution is -2.05. The minimum Gasteiger partial charge on any atom is -0.358 e. The third kappa shape index (κ3) is 3.11. The Labute approximate surface area is 145 Å². The fourth-order valence-corrected chi connectivity index (χ4v) is 2.61. The van der Waals surface area contributed by atoms with Crippen LogP contribution < -0.4 is 0 Å². The minimum absolute atomic E-state index is 0.0469. The van der Waals surface area contributed by atoms with Crippen molar-refractivity contribution in [3.8, 4) is 0 Å². The first-order chi connectivity index (χ1) is 11.5. The van der Waals surface area contributed by atoms with Gasteiger partial charge in [0.15, 0.2) is 17.4 Å². The molecule has 0 unspecified atom stereocenters. The summed E-state index contributed by atoms with van der Waals surface area (Å²) in [6.07, 6.45) is 4.60. The average molecular weight is 366 g/mol. The fraction of sp³-hybridized carbons (Fsp3) is 0.0625. The van der Waals surface area contributed by atoms with Gasteiger partial charge in [-0.3, -0.25) is 14.7 Å². The molecule has 3 aromatic rings. The molecule has 2 aromatic heterocycles. The van der Waals surface area contributed by atoms with E-state index in [1.165, 1.54) is 30.6 Å². The first kappa shape index (κ1) is 16.4. The van der Waals surface area contributed by atoms with Crippen LogP contribution in [0.25, 0.3) is 0 Å². The van der Waals surface area contributed by atoms with E-state index < -0.39 is 11.6 Å². The lowest BCUT2D eigenvalue weighted by atomic mass is 10.0. The third-order valence-electron chi connectivity index (χ3n) is 3.44. The van der Waals surface area contributed by atoms with E-state index in [1.54, 1.807) is 6.20 Å². The van der Waals surface area contributed by atoms with E-state index in [0.29, 0.717) is 5.56 Å². The van der Waals surface area contributed by atoms with Gasteiger partial charge in [0.2, 0.25) is 0 Å². The molecule has 0 saturated heterocycles. The molecule has 0 spiro atoms. The highest BCUT2D eigenvalue weighted by Gasteiger charge is 2.22. The molecule has 8 heteroatoms. The zero-order valence-electron chi connectivity index (χ0n) is 12.1. The lowest BCUT2D eigenvalue weighted by Gasteiger charge is -2.05. The number of nitrogens with one attached hydrogen (secondary N) is 2. The number of carbonyl (C=O) groups excluding carboxylic acids is 2. The summed E-state index contributed by atoms with van der Waals surface area (Å²) in [6.45, 7) is 0. The molecule has 2 heterocycles. The molecule has 1 aromatic carbocycles. The number of rotatable bonds is 5. The van der Waals surface area contributed by atoms with Crippen LogP contribution in [0.2, 0.25) is 10.0 Å². The van der Waals surface area contributed by atoms with Crippen LogP contribution in [0.15, 0.2) is 36.8 Å². The number of carbonyl (C=O) groups is 2. The van der Waals surface area contributed by atoms with Crippen LogP contribution in [-0.4, -0.2) is 26.7 Å². The summed E-state index contributed by atoms with van der Waals surface area (Å²) >= 11 is 11.6. The number of hydrogen-bond donors (Lipinski definition) is 2. The van der Waals surface area contributed by atoms with Crippen molar-refractivity contribution in [3.63, 3.8) is 0 Å². The predicted molar refractivity (Wildman–Crippen MR) is 87.3 cm³/mol. The van der Waals surface area contributed by atoms with Gasteiger partial charge in [0.25, 0.3) is 0 Å². The number of nitrogens with zero attached hydrogens (tertiary/aromatic N) is 1. The Balaban J connectivity index is 1.87. The molecule has 0 aliphatic rings. The summed E-state index contributed by atoms with van der Waals surface area (Å²) in [5.74, 6) is -1.77. The molecule has 122 valence electrons. The van der Waals surface area contributed by atoms with Gasteiger partial charge in [0, 0.05) is 24.4 Å². The van der Waals surface area contributed by atoms with Gasteiger partial charge in [0.1, 0.15) is 0 Å². The number of aromatic amines is 2. The van der Waals surface area contributed by atoms with Gasteiger partial charge in [0.05, 0.1) is 27.5 Å². The number of aromatic nitrogens is 3. The largest absolute Gasteiger partial charge is 0.358 e.